The summed E-state index contributed by atoms with van der Waals surface area (Å²) in [7, 11) is 0. The van der Waals surface area contributed by atoms with Crippen molar-refractivity contribution in [1.29, 1.82) is 0 Å². The summed E-state index contributed by atoms with van der Waals surface area (Å²) in [6.45, 7) is 11.6. The molecule has 0 aliphatic carbocycles. The minimum absolute atomic E-state index is 0.594. The molecule has 2 rings (SSSR count). The van der Waals surface area contributed by atoms with Gasteiger partial charge < -0.3 is 0 Å². The normalized spacial score (nSPS) is 10.9. The summed E-state index contributed by atoms with van der Waals surface area (Å²) in [5.41, 5.74) is 2.13. The van der Waals surface area contributed by atoms with Crippen molar-refractivity contribution in [3.8, 4) is 0 Å². The molecule has 14 heavy (non-hydrogen) atoms. The third-order valence-corrected chi connectivity index (χ3v) is 3.73. The number of benzene rings is 1. The Balaban J connectivity index is 2.91. The Labute approximate surface area is 111 Å². The highest BCUT2D eigenvalue weighted by atomic mass is 127. The summed E-state index contributed by atoms with van der Waals surface area (Å²) in [5, 5.41) is 1.05. The van der Waals surface area contributed by atoms with Crippen LogP contribution in [0.3, 0.4) is 0 Å². The quantitative estimate of drug-likeness (QED) is 0.483. The van der Waals surface area contributed by atoms with Gasteiger partial charge in [-0.1, -0.05) is 0 Å². The van der Waals surface area contributed by atoms with Crippen molar-refractivity contribution in [3.05, 3.63) is 50.4 Å². The highest BCUT2D eigenvalue weighted by Crippen LogP contribution is 2.25. The van der Waals surface area contributed by atoms with E-state index in [1.807, 2.05) is 18.2 Å². The molecule has 0 aliphatic heterocycles. The van der Waals surface area contributed by atoms with E-state index in [1.54, 1.807) is 0 Å². The molecule has 0 saturated carbocycles. The molecule has 1 nitrogen and oxygen atoms in total. The van der Waals surface area contributed by atoms with Crippen LogP contribution in [0.5, 0.6) is 0 Å². The fourth-order valence-electron chi connectivity index (χ4n) is 1.24. The van der Waals surface area contributed by atoms with Crippen molar-refractivity contribution >= 4 is 56.1 Å². The molecule has 68 valence electrons. The van der Waals surface area contributed by atoms with Gasteiger partial charge in [0, 0.05) is 15.9 Å². The molecule has 4 radical (unpaired) electrons. The number of pyridine rings is 1. The topological polar surface area (TPSA) is 12.9 Å². The number of hydrogen-bond acceptors (Lipinski definition) is 1. The summed E-state index contributed by atoms with van der Waals surface area (Å²) >= 11 is 4.37. The molecular formula is C11H5I2N. The van der Waals surface area contributed by atoms with E-state index in [2.05, 4.69) is 50.2 Å². The van der Waals surface area contributed by atoms with Gasteiger partial charge in [0.2, 0.25) is 0 Å². The van der Waals surface area contributed by atoms with E-state index in [4.69, 9.17) is 13.8 Å². The van der Waals surface area contributed by atoms with Crippen LogP contribution in [0.15, 0.2) is 18.2 Å². The van der Waals surface area contributed by atoms with E-state index in [0.717, 1.165) is 18.2 Å². The maximum atomic E-state index is 5.82. The van der Waals surface area contributed by atoms with Crippen LogP contribution in [0.25, 0.3) is 10.9 Å². The van der Waals surface area contributed by atoms with E-state index in [1.165, 1.54) is 0 Å². The van der Waals surface area contributed by atoms with Crippen LogP contribution in [0.4, 0.5) is 0 Å². The van der Waals surface area contributed by atoms with Gasteiger partial charge in [0.05, 0.1) is 5.52 Å². The zero-order chi connectivity index (χ0) is 10.3. The van der Waals surface area contributed by atoms with Gasteiger partial charge in [-0.3, -0.25) is 0 Å². The van der Waals surface area contributed by atoms with Gasteiger partial charge in [0.15, 0.2) is 0 Å². The van der Waals surface area contributed by atoms with E-state index in [-0.39, 0.29) is 0 Å². The fourth-order valence-corrected chi connectivity index (χ4v) is 2.45. The first kappa shape index (κ1) is 10.6. The van der Waals surface area contributed by atoms with Gasteiger partial charge >= 0.3 is 0 Å². The zero-order valence-corrected chi connectivity index (χ0v) is 11.4. The zero-order valence-electron chi connectivity index (χ0n) is 7.09. The number of halogens is 2. The second-order valence-electron chi connectivity index (χ2n) is 2.89. The SMILES string of the molecule is [CH]c1cc2nc(I)ccc2c(I)c1[CH]. The van der Waals surface area contributed by atoms with Gasteiger partial charge in [-0.15, -0.1) is 0 Å². The Hall–Kier alpha value is 0.0900. The third-order valence-electron chi connectivity index (χ3n) is 1.97. The summed E-state index contributed by atoms with van der Waals surface area (Å²) in [6, 6.07) is 5.79. The monoisotopic (exact) mass is 405 g/mol. The minimum atomic E-state index is 0.594. The van der Waals surface area contributed by atoms with Gasteiger partial charge in [-0.05, 0) is 81.4 Å². The molecule has 1 aromatic carbocycles. The van der Waals surface area contributed by atoms with Crippen molar-refractivity contribution in [3.63, 3.8) is 0 Å². The second kappa shape index (κ2) is 3.92. The fraction of sp³-hybridized carbons (Fsp3) is 0. The van der Waals surface area contributed by atoms with Crippen LogP contribution in [-0.2, 0) is 0 Å². The van der Waals surface area contributed by atoms with Crippen molar-refractivity contribution in [2.24, 2.45) is 0 Å². The summed E-state index contributed by atoms with van der Waals surface area (Å²) < 4.78 is 1.93. The summed E-state index contributed by atoms with van der Waals surface area (Å²) in [4.78, 5) is 4.38. The van der Waals surface area contributed by atoms with Crippen molar-refractivity contribution < 1.29 is 0 Å². The van der Waals surface area contributed by atoms with Gasteiger partial charge in [0.25, 0.3) is 0 Å². The average molecular weight is 405 g/mol. The van der Waals surface area contributed by atoms with Crippen LogP contribution >= 0.6 is 45.2 Å². The predicted octanol–water partition coefficient (Wildman–Crippen LogP) is 3.56. The summed E-state index contributed by atoms with van der Waals surface area (Å²) in [5.74, 6) is 0. The van der Waals surface area contributed by atoms with Crippen molar-refractivity contribution in [1.82, 2.24) is 4.98 Å². The van der Waals surface area contributed by atoms with Crippen LogP contribution in [0.1, 0.15) is 11.1 Å². The lowest BCUT2D eigenvalue weighted by atomic mass is 10.1. The summed E-state index contributed by atoms with van der Waals surface area (Å²) in [6.07, 6.45) is 0. The molecule has 0 saturated heterocycles. The van der Waals surface area contributed by atoms with Crippen LogP contribution in [0.2, 0.25) is 0 Å². The Morgan fingerprint density at radius 3 is 2.57 bits per heavy atom. The maximum absolute atomic E-state index is 5.82. The molecule has 0 aliphatic rings. The van der Waals surface area contributed by atoms with Crippen molar-refractivity contribution in [2.75, 3.05) is 0 Å². The Morgan fingerprint density at radius 1 is 1.14 bits per heavy atom. The lowest BCUT2D eigenvalue weighted by Gasteiger charge is -2.06. The molecule has 0 unspecified atom stereocenters. The number of nitrogens with zero attached hydrogens (tertiary/aromatic N) is 1. The first-order chi connectivity index (χ1) is 6.59. The van der Waals surface area contributed by atoms with E-state index < -0.39 is 0 Å². The average Bonchev–Trinajstić information content (AvgIpc) is 2.14. The first-order valence-electron chi connectivity index (χ1n) is 3.89. The molecule has 0 fully saturated rings. The van der Waals surface area contributed by atoms with E-state index in [0.29, 0.717) is 11.1 Å². The number of aromatic nitrogens is 1. The molecule has 3 heteroatoms. The molecule has 0 N–H and O–H groups in total. The Bertz CT molecular complexity index is 506. The molecule has 0 atom stereocenters. The lowest BCUT2D eigenvalue weighted by Crippen LogP contribution is -1.91. The van der Waals surface area contributed by atoms with Crippen LogP contribution < -0.4 is 0 Å². The molecule has 0 bridgehead atoms. The van der Waals surface area contributed by atoms with Gasteiger partial charge in [-0.2, -0.15) is 0 Å². The Kier molecular flexibility index (Phi) is 2.97. The molecule has 2 aromatic rings. The third kappa shape index (κ3) is 1.76. The number of fused-ring (bicyclic) bond motifs is 1. The highest BCUT2D eigenvalue weighted by molar-refractivity contribution is 14.1. The van der Waals surface area contributed by atoms with E-state index >= 15 is 0 Å². The molecule has 0 spiro atoms. The van der Waals surface area contributed by atoms with Crippen LogP contribution in [-0.4, -0.2) is 4.98 Å². The Morgan fingerprint density at radius 2 is 1.86 bits per heavy atom. The maximum Gasteiger partial charge on any atom is 0.102 e. The smallest absolute Gasteiger partial charge is 0.102 e. The van der Waals surface area contributed by atoms with E-state index in [9.17, 15) is 0 Å². The van der Waals surface area contributed by atoms with Gasteiger partial charge in [-0.25, -0.2) is 4.98 Å². The predicted molar refractivity (Wildman–Crippen MR) is 74.0 cm³/mol. The molecule has 0 amide bonds. The number of hydrogen-bond donors (Lipinski definition) is 0. The van der Waals surface area contributed by atoms with Crippen molar-refractivity contribution in [2.45, 2.75) is 0 Å². The van der Waals surface area contributed by atoms with Crippen LogP contribution in [0, 0.1) is 21.1 Å². The lowest BCUT2D eigenvalue weighted by molar-refractivity contribution is 1.33. The first-order valence-corrected chi connectivity index (χ1v) is 6.05. The molecule has 1 heterocycles. The minimum Gasteiger partial charge on any atom is -0.242 e. The molecule has 1 aromatic heterocycles. The largest absolute Gasteiger partial charge is 0.242 e. The van der Waals surface area contributed by atoms with Gasteiger partial charge in [0.1, 0.15) is 3.70 Å². The molecular weight excluding hydrogens is 400 g/mol. The standard InChI is InChI=1S/C11H5I2N/c1-6-5-9-8(11(13)7(6)2)3-4-10(12)14-9/h1-5H. The second-order valence-corrected chi connectivity index (χ2v) is 5.08. The highest BCUT2D eigenvalue weighted by Gasteiger charge is 2.06. The number of rotatable bonds is 0.